The first-order valence-corrected chi connectivity index (χ1v) is 10.1. The van der Waals surface area contributed by atoms with Gasteiger partial charge < -0.3 is 4.52 Å². The van der Waals surface area contributed by atoms with Crippen molar-refractivity contribution in [2.75, 3.05) is 26.2 Å². The predicted octanol–water partition coefficient (Wildman–Crippen LogP) is 3.51. The third-order valence-corrected chi connectivity index (χ3v) is 5.69. The van der Waals surface area contributed by atoms with Crippen LogP contribution in [0.2, 0.25) is 5.15 Å². The quantitative estimate of drug-likeness (QED) is 0.634. The van der Waals surface area contributed by atoms with Crippen LogP contribution in [0.1, 0.15) is 28.3 Å². The fourth-order valence-electron chi connectivity index (χ4n) is 3.68. The molecule has 0 atom stereocenters. The predicted molar refractivity (Wildman–Crippen MR) is 109 cm³/mol. The standard InChI is InChI=1S/C21H26ClN5O/c1-16-12-19(24-28-16)14-25-8-10-26(11-9-25)15-20-17(2)23-27(21(20)22)13-18-6-4-3-5-7-18/h3-7,12H,8-11,13-15H2,1-2H3. The van der Waals surface area contributed by atoms with E-state index < -0.39 is 0 Å². The van der Waals surface area contributed by atoms with Gasteiger partial charge in [0.2, 0.25) is 0 Å². The van der Waals surface area contributed by atoms with Crippen molar-refractivity contribution in [2.24, 2.45) is 0 Å². The van der Waals surface area contributed by atoms with Crippen molar-refractivity contribution in [1.82, 2.24) is 24.7 Å². The van der Waals surface area contributed by atoms with Crippen molar-refractivity contribution in [3.8, 4) is 0 Å². The molecule has 3 heterocycles. The number of nitrogens with zero attached hydrogens (tertiary/aromatic N) is 5. The van der Waals surface area contributed by atoms with Crippen LogP contribution in [-0.2, 0) is 19.6 Å². The number of benzene rings is 1. The van der Waals surface area contributed by atoms with Crippen LogP contribution in [0.5, 0.6) is 0 Å². The molecule has 7 heteroatoms. The maximum Gasteiger partial charge on any atom is 0.133 e. The molecule has 1 saturated heterocycles. The molecule has 4 rings (SSSR count). The molecule has 0 aliphatic carbocycles. The van der Waals surface area contributed by atoms with Crippen LogP contribution in [0.15, 0.2) is 40.9 Å². The Hall–Kier alpha value is -2.15. The van der Waals surface area contributed by atoms with Gasteiger partial charge in [0.1, 0.15) is 10.9 Å². The maximum atomic E-state index is 6.68. The number of piperazine rings is 1. The number of hydrogen-bond donors (Lipinski definition) is 0. The smallest absolute Gasteiger partial charge is 0.133 e. The monoisotopic (exact) mass is 399 g/mol. The highest BCUT2D eigenvalue weighted by Gasteiger charge is 2.21. The topological polar surface area (TPSA) is 50.3 Å². The summed E-state index contributed by atoms with van der Waals surface area (Å²) in [4.78, 5) is 4.87. The van der Waals surface area contributed by atoms with Gasteiger partial charge in [0, 0.05) is 50.9 Å². The van der Waals surface area contributed by atoms with E-state index in [9.17, 15) is 0 Å². The fourth-order valence-corrected chi connectivity index (χ4v) is 3.98. The highest BCUT2D eigenvalue weighted by molar-refractivity contribution is 6.30. The van der Waals surface area contributed by atoms with E-state index in [0.717, 1.165) is 67.1 Å². The van der Waals surface area contributed by atoms with E-state index in [0.29, 0.717) is 6.54 Å². The Kier molecular flexibility index (Phi) is 5.80. The molecule has 2 aromatic heterocycles. The Balaban J connectivity index is 1.35. The highest BCUT2D eigenvalue weighted by Crippen LogP contribution is 2.23. The molecule has 1 aliphatic rings. The summed E-state index contributed by atoms with van der Waals surface area (Å²) < 4.78 is 7.07. The maximum absolute atomic E-state index is 6.68. The van der Waals surface area contributed by atoms with Crippen LogP contribution < -0.4 is 0 Å². The van der Waals surface area contributed by atoms with Gasteiger partial charge in [-0.3, -0.25) is 9.80 Å². The minimum absolute atomic E-state index is 0.700. The summed E-state index contributed by atoms with van der Waals surface area (Å²) >= 11 is 6.68. The molecule has 148 valence electrons. The molecule has 28 heavy (non-hydrogen) atoms. The molecule has 1 fully saturated rings. The molecule has 0 spiro atoms. The molecule has 6 nitrogen and oxygen atoms in total. The second-order valence-electron chi connectivity index (χ2n) is 7.48. The van der Waals surface area contributed by atoms with Crippen LogP contribution in [0.25, 0.3) is 0 Å². The molecule has 1 aliphatic heterocycles. The molecule has 0 unspecified atom stereocenters. The van der Waals surface area contributed by atoms with Crippen molar-refractivity contribution in [2.45, 2.75) is 33.5 Å². The Bertz CT molecular complexity index is 912. The first kappa shape index (κ1) is 19.2. The van der Waals surface area contributed by atoms with Gasteiger partial charge in [-0.1, -0.05) is 47.1 Å². The minimum atomic E-state index is 0.700. The van der Waals surface area contributed by atoms with Crippen molar-refractivity contribution in [3.05, 3.63) is 69.8 Å². The Morgan fingerprint density at radius 1 is 0.964 bits per heavy atom. The van der Waals surface area contributed by atoms with E-state index in [2.05, 4.69) is 32.2 Å². The number of aryl methyl sites for hydroxylation is 2. The van der Waals surface area contributed by atoms with E-state index in [1.54, 1.807) is 0 Å². The molecule has 0 amide bonds. The Labute approximate surface area is 170 Å². The normalized spacial score (nSPS) is 16.0. The number of aromatic nitrogens is 3. The van der Waals surface area contributed by atoms with Crippen molar-refractivity contribution in [3.63, 3.8) is 0 Å². The first-order valence-electron chi connectivity index (χ1n) is 9.71. The average molecular weight is 400 g/mol. The lowest BCUT2D eigenvalue weighted by Gasteiger charge is -2.34. The molecule has 1 aromatic carbocycles. The zero-order valence-electron chi connectivity index (χ0n) is 16.4. The minimum Gasteiger partial charge on any atom is -0.361 e. The Morgan fingerprint density at radius 3 is 2.29 bits per heavy atom. The summed E-state index contributed by atoms with van der Waals surface area (Å²) in [5.41, 5.74) is 4.36. The van der Waals surface area contributed by atoms with Gasteiger partial charge in [0.15, 0.2) is 0 Å². The molecule has 0 N–H and O–H groups in total. The van der Waals surface area contributed by atoms with Gasteiger partial charge >= 0.3 is 0 Å². The van der Waals surface area contributed by atoms with Crippen LogP contribution >= 0.6 is 11.6 Å². The number of halogens is 1. The molecule has 0 radical (unpaired) electrons. The van der Waals surface area contributed by atoms with Crippen molar-refractivity contribution < 1.29 is 4.52 Å². The van der Waals surface area contributed by atoms with Crippen LogP contribution in [-0.4, -0.2) is 50.9 Å². The van der Waals surface area contributed by atoms with Crippen LogP contribution in [0.4, 0.5) is 0 Å². The van der Waals surface area contributed by atoms with Gasteiger partial charge in [-0.05, 0) is 19.4 Å². The first-order chi connectivity index (χ1) is 13.6. The summed E-state index contributed by atoms with van der Waals surface area (Å²) in [6.07, 6.45) is 0. The average Bonchev–Trinajstić information content (AvgIpc) is 3.22. The molecule has 0 bridgehead atoms. The lowest BCUT2D eigenvalue weighted by molar-refractivity contribution is 0.120. The van der Waals surface area contributed by atoms with Gasteiger partial charge in [0.25, 0.3) is 0 Å². The van der Waals surface area contributed by atoms with E-state index in [1.807, 2.05) is 42.8 Å². The van der Waals surface area contributed by atoms with Crippen molar-refractivity contribution >= 4 is 11.6 Å². The van der Waals surface area contributed by atoms with Gasteiger partial charge in [-0.15, -0.1) is 0 Å². The lowest BCUT2D eigenvalue weighted by atomic mass is 10.2. The second kappa shape index (κ2) is 8.47. The molecular weight excluding hydrogens is 374 g/mol. The summed E-state index contributed by atoms with van der Waals surface area (Å²) in [5, 5.41) is 9.52. The van der Waals surface area contributed by atoms with E-state index in [1.165, 1.54) is 5.56 Å². The molecular formula is C21H26ClN5O. The van der Waals surface area contributed by atoms with Gasteiger partial charge in [-0.25, -0.2) is 4.68 Å². The Morgan fingerprint density at radius 2 is 1.64 bits per heavy atom. The van der Waals surface area contributed by atoms with E-state index >= 15 is 0 Å². The third kappa shape index (κ3) is 4.46. The summed E-state index contributed by atoms with van der Waals surface area (Å²) in [6, 6.07) is 12.3. The van der Waals surface area contributed by atoms with E-state index in [4.69, 9.17) is 16.1 Å². The number of hydrogen-bond acceptors (Lipinski definition) is 5. The number of rotatable bonds is 6. The summed E-state index contributed by atoms with van der Waals surface area (Å²) in [7, 11) is 0. The largest absolute Gasteiger partial charge is 0.361 e. The second-order valence-corrected chi connectivity index (χ2v) is 7.84. The lowest BCUT2D eigenvalue weighted by Crippen LogP contribution is -2.45. The third-order valence-electron chi connectivity index (χ3n) is 5.27. The fraction of sp³-hybridized carbons (Fsp3) is 0.429. The van der Waals surface area contributed by atoms with Crippen LogP contribution in [0.3, 0.4) is 0 Å². The summed E-state index contributed by atoms with van der Waals surface area (Å²) in [5.74, 6) is 0.867. The zero-order valence-corrected chi connectivity index (χ0v) is 17.2. The SMILES string of the molecule is Cc1cc(CN2CCN(Cc3c(C)nn(Cc4ccccc4)c3Cl)CC2)no1. The highest BCUT2D eigenvalue weighted by atomic mass is 35.5. The molecule has 0 saturated carbocycles. The molecule has 3 aromatic rings. The van der Waals surface area contributed by atoms with Gasteiger partial charge in [0.05, 0.1) is 17.9 Å². The van der Waals surface area contributed by atoms with Crippen molar-refractivity contribution in [1.29, 1.82) is 0 Å². The summed E-state index contributed by atoms with van der Waals surface area (Å²) in [6.45, 7) is 10.4. The van der Waals surface area contributed by atoms with E-state index in [-0.39, 0.29) is 0 Å². The van der Waals surface area contributed by atoms with Gasteiger partial charge in [-0.2, -0.15) is 5.10 Å². The zero-order chi connectivity index (χ0) is 19.5. The van der Waals surface area contributed by atoms with Crippen LogP contribution in [0, 0.1) is 13.8 Å².